The predicted octanol–water partition coefficient (Wildman–Crippen LogP) is 2.42. The Balaban J connectivity index is 1.88. The summed E-state index contributed by atoms with van der Waals surface area (Å²) in [4.78, 5) is 31.6. The van der Waals surface area contributed by atoms with Crippen LogP contribution in [0.15, 0.2) is 59.6 Å². The zero-order valence-electron chi connectivity index (χ0n) is 16.7. The van der Waals surface area contributed by atoms with Gasteiger partial charge in [-0.15, -0.1) is 0 Å². The fourth-order valence-corrected chi connectivity index (χ4v) is 3.28. The highest BCUT2D eigenvalue weighted by Gasteiger charge is 2.14. The number of amides is 2. The third-order valence-electron chi connectivity index (χ3n) is 4.04. The maximum Gasteiger partial charge on any atom is 0.254 e. The molecule has 0 spiro atoms. The Morgan fingerprint density at radius 2 is 1.65 bits per heavy atom. The zero-order chi connectivity index (χ0) is 22.6. The van der Waals surface area contributed by atoms with Gasteiger partial charge >= 0.3 is 0 Å². The number of hydrogen-bond donors (Lipinski definition) is 4. The third kappa shape index (κ3) is 5.76. The summed E-state index contributed by atoms with van der Waals surface area (Å²) in [6.07, 6.45) is 2.40. The average Bonchev–Trinajstić information content (AvgIpc) is 2.67. The fourth-order valence-electron chi connectivity index (χ4n) is 2.65. The van der Waals surface area contributed by atoms with Gasteiger partial charge in [-0.3, -0.25) is 9.59 Å². The Labute approximate surface area is 178 Å². The van der Waals surface area contributed by atoms with E-state index in [0.717, 1.165) is 6.26 Å². The molecule has 1 heterocycles. The number of nitrogens with two attached hydrogens (primary N) is 1. The fraction of sp³-hybridized carbons (Fsp3) is 0.100. The van der Waals surface area contributed by atoms with E-state index in [1.807, 2.05) is 0 Å². The van der Waals surface area contributed by atoms with Gasteiger partial charge in [0.15, 0.2) is 9.84 Å². The summed E-state index contributed by atoms with van der Waals surface area (Å²) in [6, 6.07) is 12.9. The average molecular weight is 440 g/mol. The highest BCUT2D eigenvalue weighted by Crippen LogP contribution is 2.23. The van der Waals surface area contributed by atoms with Crippen molar-refractivity contribution in [3.05, 3.63) is 60.3 Å². The van der Waals surface area contributed by atoms with Gasteiger partial charge in [-0.05, 0) is 42.5 Å². The molecule has 5 N–H and O–H groups in total. The van der Waals surface area contributed by atoms with Crippen molar-refractivity contribution in [1.82, 2.24) is 9.97 Å². The van der Waals surface area contributed by atoms with Crippen LogP contribution in [0.5, 0.6) is 0 Å². The summed E-state index contributed by atoms with van der Waals surface area (Å²) in [5.74, 6) is -0.600. The molecule has 11 heteroatoms. The zero-order valence-corrected chi connectivity index (χ0v) is 17.5. The number of primary amides is 1. The summed E-state index contributed by atoms with van der Waals surface area (Å²) in [7, 11) is -3.33. The molecule has 10 nitrogen and oxygen atoms in total. The van der Waals surface area contributed by atoms with Crippen LogP contribution in [0.3, 0.4) is 0 Å². The van der Waals surface area contributed by atoms with Crippen LogP contribution < -0.4 is 21.7 Å². The van der Waals surface area contributed by atoms with Crippen LogP contribution in [0.4, 0.5) is 28.8 Å². The van der Waals surface area contributed by atoms with Crippen molar-refractivity contribution in [3.8, 4) is 0 Å². The normalized spacial score (nSPS) is 10.9. The van der Waals surface area contributed by atoms with Crippen LogP contribution in [0.25, 0.3) is 0 Å². The van der Waals surface area contributed by atoms with E-state index in [2.05, 4.69) is 25.9 Å². The molecule has 160 valence electrons. The van der Waals surface area contributed by atoms with Gasteiger partial charge in [0.25, 0.3) is 5.91 Å². The summed E-state index contributed by atoms with van der Waals surface area (Å²) < 4.78 is 23.2. The van der Waals surface area contributed by atoms with Gasteiger partial charge in [0.1, 0.15) is 11.4 Å². The Morgan fingerprint density at radius 1 is 0.968 bits per heavy atom. The van der Waals surface area contributed by atoms with Crippen molar-refractivity contribution in [1.29, 1.82) is 0 Å². The topological polar surface area (TPSA) is 156 Å². The summed E-state index contributed by atoms with van der Waals surface area (Å²) in [6.45, 7) is 1.41. The van der Waals surface area contributed by atoms with Crippen LogP contribution in [0.1, 0.15) is 17.3 Å². The smallest absolute Gasteiger partial charge is 0.254 e. The number of nitrogens with zero attached hydrogens (tertiary/aromatic N) is 2. The van der Waals surface area contributed by atoms with E-state index < -0.39 is 15.7 Å². The minimum Gasteiger partial charge on any atom is -0.365 e. The second kappa shape index (κ2) is 8.79. The lowest BCUT2D eigenvalue weighted by atomic mass is 10.2. The van der Waals surface area contributed by atoms with Crippen molar-refractivity contribution in [2.24, 2.45) is 5.73 Å². The van der Waals surface area contributed by atoms with Crippen molar-refractivity contribution in [2.45, 2.75) is 11.8 Å². The van der Waals surface area contributed by atoms with E-state index in [0.29, 0.717) is 17.1 Å². The van der Waals surface area contributed by atoms with E-state index in [4.69, 9.17) is 5.73 Å². The van der Waals surface area contributed by atoms with Gasteiger partial charge in [-0.1, -0.05) is 6.07 Å². The van der Waals surface area contributed by atoms with Crippen molar-refractivity contribution in [3.63, 3.8) is 0 Å². The molecule has 0 atom stereocenters. The van der Waals surface area contributed by atoms with Crippen LogP contribution in [0.2, 0.25) is 0 Å². The molecule has 0 fully saturated rings. The second-order valence-electron chi connectivity index (χ2n) is 6.63. The SMILES string of the molecule is CC(=O)Nc1cccc(Nc2ncc(C(N)=O)c(Nc3ccc(S(C)(=O)=O)cc3)n2)c1. The quantitative estimate of drug-likeness (QED) is 0.436. The molecule has 0 unspecified atom stereocenters. The van der Waals surface area contributed by atoms with E-state index in [1.165, 1.54) is 25.3 Å². The van der Waals surface area contributed by atoms with Gasteiger partial charge in [0.05, 0.1) is 4.90 Å². The number of sulfone groups is 1. The van der Waals surface area contributed by atoms with Gasteiger partial charge in [0, 0.05) is 36.4 Å². The van der Waals surface area contributed by atoms with Gasteiger partial charge in [-0.2, -0.15) is 4.98 Å². The molecule has 2 amide bonds. The Bertz CT molecular complexity index is 1240. The number of rotatable bonds is 7. The molecule has 2 aromatic carbocycles. The van der Waals surface area contributed by atoms with Crippen LogP contribution in [0, 0.1) is 0 Å². The highest BCUT2D eigenvalue weighted by molar-refractivity contribution is 7.90. The second-order valence-corrected chi connectivity index (χ2v) is 8.64. The molecule has 1 aromatic heterocycles. The molecule has 0 aliphatic heterocycles. The molecular weight excluding hydrogens is 420 g/mol. The van der Waals surface area contributed by atoms with Crippen LogP contribution in [-0.2, 0) is 14.6 Å². The molecule has 3 rings (SSSR count). The van der Waals surface area contributed by atoms with Gasteiger partial charge in [0.2, 0.25) is 11.9 Å². The number of aromatic nitrogens is 2. The van der Waals surface area contributed by atoms with Gasteiger partial charge in [-0.25, -0.2) is 13.4 Å². The molecular formula is C20H20N6O4S. The predicted molar refractivity (Wildman–Crippen MR) is 117 cm³/mol. The van der Waals surface area contributed by atoms with E-state index in [9.17, 15) is 18.0 Å². The Kier molecular flexibility index (Phi) is 6.16. The van der Waals surface area contributed by atoms with Crippen molar-refractivity contribution < 1.29 is 18.0 Å². The molecule has 31 heavy (non-hydrogen) atoms. The first kappa shape index (κ1) is 21.7. The molecule has 3 aromatic rings. The molecule has 0 saturated heterocycles. The molecule has 0 aliphatic rings. The lowest BCUT2D eigenvalue weighted by Crippen LogP contribution is -2.15. The first-order valence-corrected chi connectivity index (χ1v) is 10.9. The van der Waals surface area contributed by atoms with Crippen molar-refractivity contribution in [2.75, 3.05) is 22.2 Å². The maximum atomic E-state index is 11.8. The largest absolute Gasteiger partial charge is 0.365 e. The third-order valence-corrected chi connectivity index (χ3v) is 5.17. The molecule has 0 aliphatic carbocycles. The van der Waals surface area contributed by atoms with E-state index in [-0.39, 0.29) is 28.1 Å². The minimum atomic E-state index is -3.33. The number of nitrogens with one attached hydrogen (secondary N) is 3. The first-order chi connectivity index (χ1) is 14.6. The molecule has 0 bridgehead atoms. The monoisotopic (exact) mass is 440 g/mol. The number of anilines is 5. The first-order valence-electron chi connectivity index (χ1n) is 9.00. The van der Waals surface area contributed by atoms with Crippen LogP contribution in [-0.4, -0.2) is 36.5 Å². The summed E-state index contributed by atoms with van der Waals surface area (Å²) in [5, 5.41) is 8.62. The number of carbonyl (C=O) groups is 2. The number of carbonyl (C=O) groups excluding carboxylic acids is 2. The number of benzene rings is 2. The summed E-state index contributed by atoms with van der Waals surface area (Å²) in [5.41, 5.74) is 7.19. The van der Waals surface area contributed by atoms with E-state index in [1.54, 1.807) is 36.4 Å². The minimum absolute atomic E-state index is 0.0599. The summed E-state index contributed by atoms with van der Waals surface area (Å²) >= 11 is 0. The Hall–Kier alpha value is -3.99. The lowest BCUT2D eigenvalue weighted by molar-refractivity contribution is -0.114. The lowest BCUT2D eigenvalue weighted by Gasteiger charge is -2.12. The molecule has 0 radical (unpaired) electrons. The maximum absolute atomic E-state index is 11.8. The highest BCUT2D eigenvalue weighted by atomic mass is 32.2. The van der Waals surface area contributed by atoms with Crippen LogP contribution >= 0.6 is 0 Å². The Morgan fingerprint density at radius 3 is 2.26 bits per heavy atom. The molecule has 0 saturated carbocycles. The van der Waals surface area contributed by atoms with Crippen molar-refractivity contribution >= 4 is 50.5 Å². The standard InChI is InChI=1S/C20H20N6O4S/c1-12(27)23-14-4-3-5-15(10-14)25-20-22-11-17(18(21)28)19(26-20)24-13-6-8-16(9-7-13)31(2,29)30/h3-11H,1-2H3,(H2,21,28)(H,23,27)(H2,22,24,25,26). The van der Waals surface area contributed by atoms with Gasteiger partial charge < -0.3 is 21.7 Å². The van der Waals surface area contributed by atoms with E-state index >= 15 is 0 Å². The number of hydrogen-bond acceptors (Lipinski definition) is 8.